The molecule has 0 atom stereocenters. The Morgan fingerprint density at radius 1 is 1.36 bits per heavy atom. The van der Waals surface area contributed by atoms with Gasteiger partial charge in [0.2, 0.25) is 0 Å². The topological polar surface area (TPSA) is 74.6 Å². The maximum atomic E-state index is 10.1. The number of hydrogen-bond donors (Lipinski definition) is 2. The number of carbonyl (C=O) groups is 2. The van der Waals surface area contributed by atoms with E-state index in [1.165, 1.54) is 0 Å². The summed E-state index contributed by atoms with van der Waals surface area (Å²) in [6, 6.07) is 0. The Bertz CT molecular complexity index is 218. The lowest BCUT2D eigenvalue weighted by atomic mass is 10.1. The summed E-state index contributed by atoms with van der Waals surface area (Å²) >= 11 is 0. The zero-order valence-corrected chi connectivity index (χ0v) is 8.32. The minimum absolute atomic E-state index is 0.317. The highest BCUT2D eigenvalue weighted by Gasteiger charge is 2.00. The van der Waals surface area contributed by atoms with Crippen LogP contribution >= 0.6 is 0 Å². The van der Waals surface area contributed by atoms with E-state index >= 15 is 0 Å². The van der Waals surface area contributed by atoms with Crippen LogP contribution in [0.5, 0.6) is 0 Å². The summed E-state index contributed by atoms with van der Waals surface area (Å²) in [5, 5.41) is 15.9. The first-order valence-corrected chi connectivity index (χ1v) is 4.22. The monoisotopic (exact) mass is 200 g/mol. The minimum Gasteiger partial charge on any atom is -0.478 e. The van der Waals surface area contributed by atoms with E-state index in [1.807, 2.05) is 6.92 Å². The second-order valence-electron chi connectivity index (χ2n) is 2.55. The maximum absolute atomic E-state index is 10.1. The van der Waals surface area contributed by atoms with Gasteiger partial charge in [0, 0.05) is 11.6 Å². The van der Waals surface area contributed by atoms with E-state index < -0.39 is 11.9 Å². The molecule has 0 saturated heterocycles. The van der Waals surface area contributed by atoms with Gasteiger partial charge in [0.25, 0.3) is 0 Å². The van der Waals surface area contributed by atoms with E-state index in [0.29, 0.717) is 12.0 Å². The summed E-state index contributed by atoms with van der Waals surface area (Å²) in [4.78, 5) is 19.4. The third-order valence-electron chi connectivity index (χ3n) is 1.31. The lowest BCUT2D eigenvalue weighted by Crippen LogP contribution is -1.97. The van der Waals surface area contributed by atoms with Gasteiger partial charge in [-0.3, -0.25) is 0 Å². The molecular formula is C10H16O4. The van der Waals surface area contributed by atoms with Gasteiger partial charge in [0.1, 0.15) is 0 Å². The second kappa shape index (κ2) is 9.51. The van der Waals surface area contributed by atoms with E-state index in [4.69, 9.17) is 10.2 Å². The average Bonchev–Trinajstić information content (AvgIpc) is 2.14. The fourth-order valence-electron chi connectivity index (χ4n) is 0.497. The van der Waals surface area contributed by atoms with Gasteiger partial charge < -0.3 is 10.2 Å². The van der Waals surface area contributed by atoms with E-state index in [-0.39, 0.29) is 0 Å². The number of rotatable bonds is 5. The zero-order chi connectivity index (χ0) is 11.6. The van der Waals surface area contributed by atoms with Crippen molar-refractivity contribution in [1.82, 2.24) is 0 Å². The molecule has 0 radical (unpaired) electrons. The van der Waals surface area contributed by atoms with Gasteiger partial charge in [-0.25, -0.2) is 9.59 Å². The highest BCUT2D eigenvalue weighted by molar-refractivity contribution is 5.85. The fraction of sp³-hybridized carbons (Fsp3) is 0.400. The Hall–Kier alpha value is -1.58. The number of aliphatic carboxylic acids is 2. The van der Waals surface area contributed by atoms with Gasteiger partial charge in [-0.05, 0) is 12.8 Å². The molecule has 0 aliphatic rings. The van der Waals surface area contributed by atoms with Crippen LogP contribution in [0.1, 0.15) is 26.2 Å². The summed E-state index contributed by atoms with van der Waals surface area (Å²) in [5.41, 5.74) is 0.317. The predicted octanol–water partition coefficient (Wildman–Crippen LogP) is 2.07. The normalized spacial score (nSPS) is 8.07. The Balaban J connectivity index is 0. The van der Waals surface area contributed by atoms with Crippen LogP contribution < -0.4 is 0 Å². The molecule has 0 aliphatic heterocycles. The minimum atomic E-state index is -0.981. The van der Waals surface area contributed by atoms with Crippen molar-refractivity contribution in [3.8, 4) is 0 Å². The van der Waals surface area contributed by atoms with Gasteiger partial charge >= 0.3 is 11.9 Å². The van der Waals surface area contributed by atoms with Crippen molar-refractivity contribution < 1.29 is 19.8 Å². The average molecular weight is 200 g/mol. The zero-order valence-electron chi connectivity index (χ0n) is 8.32. The van der Waals surface area contributed by atoms with Crippen LogP contribution in [0.25, 0.3) is 0 Å². The van der Waals surface area contributed by atoms with E-state index in [2.05, 4.69) is 13.2 Å². The van der Waals surface area contributed by atoms with Crippen molar-refractivity contribution in [2.45, 2.75) is 26.2 Å². The molecule has 0 rings (SSSR count). The van der Waals surface area contributed by atoms with E-state index in [0.717, 1.165) is 18.9 Å². The summed E-state index contributed by atoms with van der Waals surface area (Å²) in [5.74, 6) is -1.85. The van der Waals surface area contributed by atoms with Crippen molar-refractivity contribution in [1.29, 1.82) is 0 Å². The summed E-state index contributed by atoms with van der Waals surface area (Å²) < 4.78 is 0. The van der Waals surface area contributed by atoms with Crippen LogP contribution in [-0.4, -0.2) is 22.2 Å². The first-order chi connectivity index (χ1) is 6.45. The van der Waals surface area contributed by atoms with Gasteiger partial charge in [-0.2, -0.15) is 0 Å². The molecule has 0 bridgehead atoms. The lowest BCUT2D eigenvalue weighted by molar-refractivity contribution is -0.133. The lowest BCUT2D eigenvalue weighted by Gasteiger charge is -1.95. The number of carboxylic acids is 2. The molecule has 2 N–H and O–H groups in total. The third-order valence-corrected chi connectivity index (χ3v) is 1.31. The standard InChI is InChI=1S/C7H12O2.C3H4O2/c1-3-4-5-6(2)7(8)9;1-2-3(4)5/h2-5H2,1H3,(H,8,9);2H,1H2,(H,4,5). The SMILES string of the molecule is C=C(CCCC)C(=O)O.C=CC(=O)O. The smallest absolute Gasteiger partial charge is 0.330 e. The number of unbranched alkanes of at least 4 members (excludes halogenated alkanes) is 1. The van der Waals surface area contributed by atoms with Crippen LogP contribution in [-0.2, 0) is 9.59 Å². The van der Waals surface area contributed by atoms with Crippen LogP contribution in [0, 0.1) is 0 Å². The predicted molar refractivity (Wildman–Crippen MR) is 54.1 cm³/mol. The van der Waals surface area contributed by atoms with E-state index in [1.54, 1.807) is 0 Å². The molecule has 4 heteroatoms. The first kappa shape index (κ1) is 14.9. The molecule has 0 aromatic carbocycles. The molecule has 14 heavy (non-hydrogen) atoms. The van der Waals surface area contributed by atoms with Crippen LogP contribution in [0.4, 0.5) is 0 Å². The molecule has 80 valence electrons. The Morgan fingerprint density at radius 2 is 1.79 bits per heavy atom. The third kappa shape index (κ3) is 13.0. The molecule has 0 amide bonds. The largest absolute Gasteiger partial charge is 0.478 e. The van der Waals surface area contributed by atoms with Crippen LogP contribution in [0.2, 0.25) is 0 Å². The van der Waals surface area contributed by atoms with Crippen molar-refractivity contribution in [3.05, 3.63) is 24.8 Å². The summed E-state index contributed by atoms with van der Waals surface area (Å²) in [7, 11) is 0. The van der Waals surface area contributed by atoms with Gasteiger partial charge in [-0.15, -0.1) is 0 Å². The first-order valence-electron chi connectivity index (χ1n) is 4.22. The van der Waals surface area contributed by atoms with E-state index in [9.17, 15) is 9.59 Å². The van der Waals surface area contributed by atoms with Crippen LogP contribution in [0.3, 0.4) is 0 Å². The Morgan fingerprint density at radius 3 is 2.00 bits per heavy atom. The molecule has 0 aromatic rings. The fourth-order valence-corrected chi connectivity index (χ4v) is 0.497. The molecule has 4 nitrogen and oxygen atoms in total. The van der Waals surface area contributed by atoms with Crippen molar-refractivity contribution in [2.75, 3.05) is 0 Å². The second-order valence-corrected chi connectivity index (χ2v) is 2.55. The summed E-state index contributed by atoms with van der Waals surface area (Å²) in [6.45, 7) is 8.38. The number of carboxylic acid groups (broad SMARTS) is 2. The molecule has 0 aliphatic carbocycles. The van der Waals surface area contributed by atoms with Crippen molar-refractivity contribution in [3.63, 3.8) is 0 Å². The molecule has 0 saturated carbocycles. The van der Waals surface area contributed by atoms with Crippen LogP contribution in [0.15, 0.2) is 24.8 Å². The quantitative estimate of drug-likeness (QED) is 0.666. The highest BCUT2D eigenvalue weighted by atomic mass is 16.4. The Labute approximate surface area is 83.6 Å². The maximum Gasteiger partial charge on any atom is 0.330 e. The molecule has 0 spiro atoms. The van der Waals surface area contributed by atoms with Crippen molar-refractivity contribution in [2.24, 2.45) is 0 Å². The Kier molecular flexibility index (Phi) is 10.1. The molecular weight excluding hydrogens is 184 g/mol. The van der Waals surface area contributed by atoms with Gasteiger partial charge in [-0.1, -0.05) is 26.5 Å². The highest BCUT2D eigenvalue weighted by Crippen LogP contribution is 2.03. The van der Waals surface area contributed by atoms with Crippen molar-refractivity contribution >= 4 is 11.9 Å². The molecule has 0 fully saturated rings. The summed E-state index contributed by atoms with van der Waals surface area (Å²) in [6.07, 6.45) is 3.39. The van der Waals surface area contributed by atoms with Gasteiger partial charge in [0.15, 0.2) is 0 Å². The molecule has 0 aromatic heterocycles. The molecule has 0 heterocycles. The molecule has 0 unspecified atom stereocenters. The number of hydrogen-bond acceptors (Lipinski definition) is 2. The van der Waals surface area contributed by atoms with Gasteiger partial charge in [0.05, 0.1) is 0 Å².